The summed E-state index contributed by atoms with van der Waals surface area (Å²) in [6, 6.07) is 14.8. The number of para-hydroxylation sites is 2. The molecule has 1 atom stereocenters. The molecular weight excluding hydrogens is 410 g/mol. The van der Waals surface area contributed by atoms with Crippen molar-refractivity contribution in [2.75, 3.05) is 12.0 Å². The van der Waals surface area contributed by atoms with Crippen LogP contribution in [-0.2, 0) is 6.54 Å². The number of H-pyrrole nitrogens is 1. The molecule has 7 nitrogen and oxygen atoms in total. The van der Waals surface area contributed by atoms with E-state index in [0.29, 0.717) is 12.1 Å². The van der Waals surface area contributed by atoms with Crippen LogP contribution in [0, 0.1) is 0 Å². The number of nitrogens with zero attached hydrogens (tertiary/aromatic N) is 1. The Labute approximate surface area is 186 Å². The maximum atomic E-state index is 12.9. The summed E-state index contributed by atoms with van der Waals surface area (Å²) in [5, 5.41) is 8.70. The lowest BCUT2D eigenvalue weighted by Crippen LogP contribution is -2.39. The van der Waals surface area contributed by atoms with Crippen molar-refractivity contribution >= 4 is 34.7 Å². The molecule has 3 amide bonds. The first-order valence-corrected chi connectivity index (χ1v) is 11.7. The van der Waals surface area contributed by atoms with Crippen LogP contribution < -0.4 is 16.0 Å². The van der Waals surface area contributed by atoms with Crippen LogP contribution in [0.2, 0.25) is 0 Å². The quantitative estimate of drug-likeness (QED) is 0.405. The number of imidazole rings is 1. The number of rotatable bonds is 9. The minimum Gasteiger partial charge on any atom is -0.342 e. The molecule has 31 heavy (non-hydrogen) atoms. The highest BCUT2D eigenvalue weighted by Gasteiger charge is 2.19. The maximum Gasteiger partial charge on any atom is 0.315 e. The van der Waals surface area contributed by atoms with Gasteiger partial charge in [-0.3, -0.25) is 4.79 Å². The van der Waals surface area contributed by atoms with E-state index in [1.165, 1.54) is 0 Å². The Morgan fingerprint density at radius 2 is 1.81 bits per heavy atom. The largest absolute Gasteiger partial charge is 0.342 e. The molecule has 0 saturated heterocycles. The number of carbonyl (C=O) groups excluding carboxylic acids is 2. The summed E-state index contributed by atoms with van der Waals surface area (Å²) >= 11 is 1.74. The third-order valence-corrected chi connectivity index (χ3v) is 5.39. The van der Waals surface area contributed by atoms with Gasteiger partial charge in [0.05, 0.1) is 17.1 Å². The van der Waals surface area contributed by atoms with Gasteiger partial charge in [0, 0.05) is 18.2 Å². The topological polar surface area (TPSA) is 98.9 Å². The predicted molar refractivity (Wildman–Crippen MR) is 126 cm³/mol. The fraction of sp³-hybridized carbons (Fsp3) is 0.348. The lowest BCUT2D eigenvalue weighted by molar-refractivity contribution is 0.0934. The van der Waals surface area contributed by atoms with E-state index in [1.54, 1.807) is 23.9 Å². The number of aromatic nitrogens is 2. The molecule has 0 fully saturated rings. The first-order valence-electron chi connectivity index (χ1n) is 10.3. The molecule has 0 bridgehead atoms. The molecule has 3 rings (SSSR count). The van der Waals surface area contributed by atoms with E-state index in [0.717, 1.165) is 34.6 Å². The summed E-state index contributed by atoms with van der Waals surface area (Å²) < 4.78 is 0. The number of amides is 3. The molecule has 0 saturated carbocycles. The van der Waals surface area contributed by atoms with Crippen LogP contribution in [0.15, 0.2) is 48.5 Å². The zero-order chi connectivity index (χ0) is 22.2. The molecule has 1 heterocycles. The van der Waals surface area contributed by atoms with Crippen LogP contribution in [0.5, 0.6) is 0 Å². The number of hydrogen-bond acceptors (Lipinski definition) is 4. The lowest BCUT2D eigenvalue weighted by Gasteiger charge is -2.16. The van der Waals surface area contributed by atoms with Crippen molar-refractivity contribution in [1.29, 1.82) is 0 Å². The van der Waals surface area contributed by atoms with Crippen molar-refractivity contribution in [2.24, 2.45) is 0 Å². The predicted octanol–water partition coefficient (Wildman–Crippen LogP) is 3.99. The number of fused-ring (bicyclic) bond motifs is 1. The molecule has 164 valence electrons. The standard InChI is InChI=1S/C23H29N5O2S/c1-15(2)25-23(30)24-14-16-8-10-17(11-9-16)22(29)28-20(12-13-31-3)21-26-18-6-4-5-7-19(18)27-21/h4-11,15,20H,12-14H2,1-3H3,(H,26,27)(H,28,29)(H2,24,25,30). The van der Waals surface area contributed by atoms with Gasteiger partial charge < -0.3 is 20.9 Å². The number of carbonyl (C=O) groups is 2. The van der Waals surface area contributed by atoms with Gasteiger partial charge in [0.2, 0.25) is 0 Å². The highest BCUT2D eigenvalue weighted by Crippen LogP contribution is 2.20. The van der Waals surface area contributed by atoms with E-state index in [4.69, 9.17) is 0 Å². The Balaban J connectivity index is 1.65. The van der Waals surface area contributed by atoms with E-state index in [1.807, 2.05) is 56.5 Å². The molecule has 8 heteroatoms. The van der Waals surface area contributed by atoms with Crippen molar-refractivity contribution in [1.82, 2.24) is 25.9 Å². The summed E-state index contributed by atoms with van der Waals surface area (Å²) in [7, 11) is 0. The molecule has 2 aromatic carbocycles. The van der Waals surface area contributed by atoms with Gasteiger partial charge in [-0.15, -0.1) is 0 Å². The third-order valence-electron chi connectivity index (χ3n) is 4.74. The van der Waals surface area contributed by atoms with Crippen molar-refractivity contribution in [3.8, 4) is 0 Å². The molecule has 0 aliphatic carbocycles. The normalized spacial score (nSPS) is 12.0. The Morgan fingerprint density at radius 1 is 1.06 bits per heavy atom. The molecular formula is C23H29N5O2S. The second kappa shape index (κ2) is 10.9. The molecule has 1 aromatic heterocycles. The van der Waals surface area contributed by atoms with Crippen LogP contribution in [0.1, 0.15) is 48.1 Å². The van der Waals surface area contributed by atoms with Crippen LogP contribution in [0.25, 0.3) is 11.0 Å². The highest BCUT2D eigenvalue weighted by molar-refractivity contribution is 7.98. The van der Waals surface area contributed by atoms with Crippen molar-refractivity contribution in [2.45, 2.75) is 38.9 Å². The summed E-state index contributed by atoms with van der Waals surface area (Å²) in [6.07, 6.45) is 2.82. The van der Waals surface area contributed by atoms with Crippen molar-refractivity contribution < 1.29 is 9.59 Å². The number of nitrogens with one attached hydrogen (secondary N) is 4. The second-order valence-electron chi connectivity index (χ2n) is 7.63. The Morgan fingerprint density at radius 3 is 2.48 bits per heavy atom. The van der Waals surface area contributed by atoms with Crippen molar-refractivity contribution in [3.63, 3.8) is 0 Å². The first kappa shape index (κ1) is 22.7. The fourth-order valence-corrected chi connectivity index (χ4v) is 3.63. The number of thioether (sulfide) groups is 1. The third kappa shape index (κ3) is 6.49. The summed E-state index contributed by atoms with van der Waals surface area (Å²) in [5.41, 5.74) is 3.34. The molecule has 3 aromatic rings. The van der Waals surface area contributed by atoms with Gasteiger partial charge >= 0.3 is 6.03 Å². The van der Waals surface area contributed by atoms with Gasteiger partial charge in [0.25, 0.3) is 5.91 Å². The monoisotopic (exact) mass is 439 g/mol. The molecule has 1 unspecified atom stereocenters. The van der Waals surface area contributed by atoms with Crippen molar-refractivity contribution in [3.05, 3.63) is 65.5 Å². The van der Waals surface area contributed by atoms with Gasteiger partial charge in [-0.2, -0.15) is 11.8 Å². The minimum atomic E-state index is -0.209. The van der Waals surface area contributed by atoms with E-state index in [2.05, 4.69) is 25.9 Å². The minimum absolute atomic E-state index is 0.0804. The molecule has 0 aliphatic heterocycles. The van der Waals surface area contributed by atoms with Gasteiger partial charge in [-0.25, -0.2) is 9.78 Å². The van der Waals surface area contributed by atoms with Crippen LogP contribution in [0.4, 0.5) is 4.79 Å². The van der Waals surface area contributed by atoms with E-state index < -0.39 is 0 Å². The first-order chi connectivity index (χ1) is 15.0. The molecule has 4 N–H and O–H groups in total. The number of benzene rings is 2. The Hall–Kier alpha value is -3.00. The smallest absolute Gasteiger partial charge is 0.315 e. The Bertz CT molecular complexity index is 983. The summed E-state index contributed by atoms with van der Waals surface area (Å²) in [4.78, 5) is 32.6. The highest BCUT2D eigenvalue weighted by atomic mass is 32.2. The number of urea groups is 1. The average Bonchev–Trinajstić information content (AvgIpc) is 3.19. The van der Waals surface area contributed by atoms with Gasteiger partial charge in [-0.1, -0.05) is 24.3 Å². The molecule has 0 aliphatic rings. The zero-order valence-electron chi connectivity index (χ0n) is 18.1. The molecule has 0 radical (unpaired) electrons. The van der Waals surface area contributed by atoms with Crippen LogP contribution in [-0.4, -0.2) is 40.0 Å². The maximum absolute atomic E-state index is 12.9. The summed E-state index contributed by atoms with van der Waals surface area (Å²) in [5.74, 6) is 1.52. The van der Waals surface area contributed by atoms with Crippen LogP contribution in [0.3, 0.4) is 0 Å². The molecule has 0 spiro atoms. The van der Waals surface area contributed by atoms with E-state index in [-0.39, 0.29) is 24.0 Å². The number of aromatic amines is 1. The van der Waals surface area contributed by atoms with E-state index in [9.17, 15) is 9.59 Å². The Kier molecular flexibility index (Phi) is 7.94. The average molecular weight is 440 g/mol. The van der Waals surface area contributed by atoms with E-state index >= 15 is 0 Å². The van der Waals surface area contributed by atoms with Gasteiger partial charge in [-0.05, 0) is 62.1 Å². The second-order valence-corrected chi connectivity index (χ2v) is 8.61. The lowest BCUT2D eigenvalue weighted by atomic mass is 10.1. The van der Waals surface area contributed by atoms with Gasteiger partial charge in [0.15, 0.2) is 0 Å². The zero-order valence-corrected chi connectivity index (χ0v) is 18.9. The number of hydrogen-bond donors (Lipinski definition) is 4. The summed E-state index contributed by atoms with van der Waals surface area (Å²) in [6.45, 7) is 4.21. The fourth-order valence-electron chi connectivity index (χ4n) is 3.16. The van der Waals surface area contributed by atoms with Gasteiger partial charge in [0.1, 0.15) is 5.82 Å². The SMILES string of the molecule is CSCCC(NC(=O)c1ccc(CNC(=O)NC(C)C)cc1)c1nc2ccccc2[nH]1. The van der Waals surface area contributed by atoms with Crippen LogP contribution >= 0.6 is 11.8 Å².